The van der Waals surface area contributed by atoms with Gasteiger partial charge in [-0.15, -0.1) is 0 Å². The Balaban J connectivity index is 1.96. The number of rotatable bonds is 3. The molecule has 2 heterocycles. The Bertz CT molecular complexity index is 366. The summed E-state index contributed by atoms with van der Waals surface area (Å²) in [5.74, 6) is 0.659. The number of nitrogens with zero attached hydrogens (tertiary/aromatic N) is 1. The molecule has 1 aromatic heterocycles. The maximum absolute atomic E-state index is 5.71. The maximum atomic E-state index is 5.71. The van der Waals surface area contributed by atoms with Gasteiger partial charge in [0.1, 0.15) is 12.4 Å². The average molecular weight is 228 g/mol. The molecular weight excluding hydrogens is 214 g/mol. The van der Waals surface area contributed by atoms with E-state index < -0.39 is 0 Å². The number of anilines is 1. The van der Waals surface area contributed by atoms with E-state index in [0.29, 0.717) is 23.2 Å². The molecule has 3 N–H and O–H groups in total. The third-order valence-corrected chi connectivity index (χ3v) is 2.94. The summed E-state index contributed by atoms with van der Waals surface area (Å²) >= 11 is 5.71. The van der Waals surface area contributed by atoms with E-state index >= 15 is 0 Å². The van der Waals surface area contributed by atoms with Crippen LogP contribution in [0.5, 0.6) is 5.75 Å². The van der Waals surface area contributed by atoms with E-state index in [9.17, 15) is 0 Å². The summed E-state index contributed by atoms with van der Waals surface area (Å²) in [7, 11) is 0. The normalized spacial score (nSPS) is 24.7. The fraction of sp³-hybridized carbons (Fsp3) is 0.500. The van der Waals surface area contributed by atoms with Crippen molar-refractivity contribution < 1.29 is 4.74 Å². The summed E-state index contributed by atoms with van der Waals surface area (Å²) in [6.07, 6.45) is 2.71. The minimum absolute atomic E-state index is 0.0917. The van der Waals surface area contributed by atoms with Crippen molar-refractivity contribution >= 4 is 17.3 Å². The number of hydrogen-bond donors (Lipinski definition) is 2. The van der Waals surface area contributed by atoms with Crippen LogP contribution in [0.2, 0.25) is 5.15 Å². The van der Waals surface area contributed by atoms with Gasteiger partial charge < -0.3 is 15.8 Å². The molecule has 0 amide bonds. The molecule has 0 radical (unpaired) electrons. The lowest BCUT2D eigenvalue weighted by Gasteiger charge is -2.39. The van der Waals surface area contributed by atoms with E-state index in [2.05, 4.69) is 17.2 Å². The Morgan fingerprint density at radius 3 is 3.00 bits per heavy atom. The van der Waals surface area contributed by atoms with Crippen molar-refractivity contribution in [2.45, 2.75) is 18.9 Å². The van der Waals surface area contributed by atoms with E-state index in [1.807, 2.05) is 0 Å². The smallest absolute Gasteiger partial charge is 0.152 e. The number of nitrogens with two attached hydrogens (primary N) is 1. The number of nitrogen functional groups attached to an aromatic ring is 1. The topological polar surface area (TPSA) is 60.2 Å². The molecule has 5 heteroatoms. The predicted octanol–water partition coefficient (Wildman–Crippen LogP) is 1.45. The number of pyridine rings is 1. The van der Waals surface area contributed by atoms with Gasteiger partial charge in [0.05, 0.1) is 17.4 Å². The van der Waals surface area contributed by atoms with Crippen LogP contribution in [0.1, 0.15) is 13.3 Å². The van der Waals surface area contributed by atoms with Gasteiger partial charge in [0, 0.05) is 6.07 Å². The van der Waals surface area contributed by atoms with Gasteiger partial charge in [0.25, 0.3) is 0 Å². The summed E-state index contributed by atoms with van der Waals surface area (Å²) in [5.41, 5.74) is 6.15. The number of aromatic nitrogens is 1. The van der Waals surface area contributed by atoms with E-state index in [-0.39, 0.29) is 5.54 Å². The van der Waals surface area contributed by atoms with E-state index in [0.717, 1.165) is 13.0 Å². The number of hydrogen-bond acceptors (Lipinski definition) is 4. The van der Waals surface area contributed by atoms with Crippen LogP contribution in [0.15, 0.2) is 12.3 Å². The highest BCUT2D eigenvalue weighted by atomic mass is 35.5. The van der Waals surface area contributed by atoms with Crippen LogP contribution in [-0.2, 0) is 0 Å². The zero-order valence-electron chi connectivity index (χ0n) is 8.59. The summed E-state index contributed by atoms with van der Waals surface area (Å²) in [6, 6.07) is 1.69. The molecule has 1 fully saturated rings. The molecule has 1 aliphatic rings. The fourth-order valence-corrected chi connectivity index (χ4v) is 1.54. The lowest BCUT2D eigenvalue weighted by molar-refractivity contribution is 0.132. The van der Waals surface area contributed by atoms with Crippen molar-refractivity contribution in [2.75, 3.05) is 18.9 Å². The van der Waals surface area contributed by atoms with E-state index in [1.54, 1.807) is 12.3 Å². The van der Waals surface area contributed by atoms with Gasteiger partial charge in [0.15, 0.2) is 5.15 Å². The molecule has 2 rings (SSSR count). The molecule has 0 unspecified atom stereocenters. The van der Waals surface area contributed by atoms with Gasteiger partial charge >= 0.3 is 0 Å². The van der Waals surface area contributed by atoms with Gasteiger partial charge in [-0.05, 0) is 19.9 Å². The predicted molar refractivity (Wildman–Crippen MR) is 60.2 cm³/mol. The van der Waals surface area contributed by atoms with Crippen molar-refractivity contribution in [2.24, 2.45) is 0 Å². The highest BCUT2D eigenvalue weighted by Gasteiger charge is 2.31. The van der Waals surface area contributed by atoms with Crippen LogP contribution in [0.4, 0.5) is 5.69 Å². The van der Waals surface area contributed by atoms with Gasteiger partial charge in [-0.25, -0.2) is 4.98 Å². The average Bonchev–Trinajstić information content (AvgIpc) is 2.17. The Kier molecular flexibility index (Phi) is 2.71. The van der Waals surface area contributed by atoms with Crippen LogP contribution in [0, 0.1) is 0 Å². The number of halogens is 1. The summed E-state index contributed by atoms with van der Waals surface area (Å²) in [4.78, 5) is 3.92. The van der Waals surface area contributed by atoms with Crippen molar-refractivity contribution in [3.63, 3.8) is 0 Å². The molecule has 82 valence electrons. The first-order valence-corrected chi connectivity index (χ1v) is 5.26. The monoisotopic (exact) mass is 227 g/mol. The summed E-state index contributed by atoms with van der Waals surface area (Å²) in [5, 5.41) is 3.63. The van der Waals surface area contributed by atoms with Gasteiger partial charge in [-0.2, -0.15) is 0 Å². The van der Waals surface area contributed by atoms with Gasteiger partial charge in [0.2, 0.25) is 0 Å². The molecular formula is C10H14ClN3O. The standard InChI is InChI=1S/C10H14ClN3O/c1-10(2-3-14-10)6-15-7-4-8(12)9(11)13-5-7/h4-5,14H,2-3,6,12H2,1H3/t10-/m1/s1. The molecule has 0 aromatic carbocycles. The molecule has 0 saturated carbocycles. The van der Waals surface area contributed by atoms with Gasteiger partial charge in [-0.1, -0.05) is 11.6 Å². The molecule has 0 aliphatic carbocycles. The Labute approximate surface area is 93.8 Å². The van der Waals surface area contributed by atoms with Crippen molar-refractivity contribution in [3.05, 3.63) is 17.4 Å². The maximum Gasteiger partial charge on any atom is 0.152 e. The first-order chi connectivity index (χ1) is 7.09. The molecule has 15 heavy (non-hydrogen) atoms. The van der Waals surface area contributed by atoms with Crippen molar-refractivity contribution in [3.8, 4) is 5.75 Å². The lowest BCUT2D eigenvalue weighted by Crippen LogP contribution is -2.58. The Hall–Kier alpha value is -1.00. The van der Waals surface area contributed by atoms with Crippen LogP contribution in [-0.4, -0.2) is 23.7 Å². The number of ether oxygens (including phenoxy) is 1. The zero-order chi connectivity index (χ0) is 10.9. The van der Waals surface area contributed by atoms with Crippen LogP contribution >= 0.6 is 11.6 Å². The van der Waals surface area contributed by atoms with Gasteiger partial charge in [-0.3, -0.25) is 0 Å². The van der Waals surface area contributed by atoms with E-state index in [1.165, 1.54) is 0 Å². The largest absolute Gasteiger partial charge is 0.490 e. The minimum atomic E-state index is 0.0917. The van der Waals surface area contributed by atoms with Crippen LogP contribution in [0.25, 0.3) is 0 Å². The molecule has 1 atom stereocenters. The quantitative estimate of drug-likeness (QED) is 0.768. The third kappa shape index (κ3) is 2.33. The SMILES string of the molecule is C[C@]1(COc2cnc(Cl)c(N)c2)CCN1. The van der Waals surface area contributed by atoms with Crippen LogP contribution < -0.4 is 15.8 Å². The fourth-order valence-electron chi connectivity index (χ4n) is 1.44. The first kappa shape index (κ1) is 10.5. The first-order valence-electron chi connectivity index (χ1n) is 4.88. The lowest BCUT2D eigenvalue weighted by atomic mass is 9.91. The Morgan fingerprint density at radius 2 is 2.47 bits per heavy atom. The van der Waals surface area contributed by atoms with Crippen molar-refractivity contribution in [1.82, 2.24) is 10.3 Å². The second-order valence-corrected chi connectivity index (χ2v) is 4.44. The molecule has 1 aromatic rings. The molecule has 1 aliphatic heterocycles. The second-order valence-electron chi connectivity index (χ2n) is 4.08. The van der Waals surface area contributed by atoms with Crippen LogP contribution in [0.3, 0.4) is 0 Å². The summed E-state index contributed by atoms with van der Waals surface area (Å²) < 4.78 is 5.59. The second kappa shape index (κ2) is 3.87. The molecule has 0 spiro atoms. The highest BCUT2D eigenvalue weighted by Crippen LogP contribution is 2.23. The van der Waals surface area contributed by atoms with Crippen molar-refractivity contribution in [1.29, 1.82) is 0 Å². The molecule has 4 nitrogen and oxygen atoms in total. The zero-order valence-corrected chi connectivity index (χ0v) is 9.34. The summed E-state index contributed by atoms with van der Waals surface area (Å²) in [6.45, 7) is 3.81. The number of nitrogens with one attached hydrogen (secondary N) is 1. The van der Waals surface area contributed by atoms with E-state index in [4.69, 9.17) is 22.1 Å². The minimum Gasteiger partial charge on any atom is -0.490 e. The third-order valence-electron chi connectivity index (χ3n) is 2.63. The molecule has 0 bridgehead atoms. The Morgan fingerprint density at radius 1 is 1.73 bits per heavy atom. The molecule has 1 saturated heterocycles. The highest BCUT2D eigenvalue weighted by molar-refractivity contribution is 6.31.